The summed E-state index contributed by atoms with van der Waals surface area (Å²) in [5.74, 6) is 2.45. The first-order valence-electron chi connectivity index (χ1n) is 8.03. The number of oxazole rings is 1. The number of fused-ring (bicyclic) bond motifs is 1. The zero-order valence-electron chi connectivity index (χ0n) is 13.8. The highest BCUT2D eigenvalue weighted by Crippen LogP contribution is 2.30. The van der Waals surface area contributed by atoms with Crippen molar-refractivity contribution in [1.82, 2.24) is 9.97 Å². The smallest absolute Gasteiger partial charge is 0.245 e. The van der Waals surface area contributed by atoms with Gasteiger partial charge in [0.2, 0.25) is 5.89 Å². The Morgan fingerprint density at radius 1 is 1.21 bits per heavy atom. The summed E-state index contributed by atoms with van der Waals surface area (Å²) in [6, 6.07) is 12.0. The Balaban J connectivity index is 1.62. The van der Waals surface area contributed by atoms with Crippen molar-refractivity contribution in [2.45, 2.75) is 19.9 Å². The third-order valence-corrected chi connectivity index (χ3v) is 4.25. The summed E-state index contributed by atoms with van der Waals surface area (Å²) in [5, 5.41) is 0. The molecule has 1 aromatic carbocycles. The van der Waals surface area contributed by atoms with Crippen molar-refractivity contribution in [3.63, 3.8) is 0 Å². The quantitative estimate of drug-likeness (QED) is 0.737. The predicted molar refractivity (Wildman–Crippen MR) is 92.2 cm³/mol. The molecule has 0 atom stereocenters. The Kier molecular flexibility index (Phi) is 3.69. The molecular formula is C19H19N3O2. The zero-order chi connectivity index (χ0) is 16.5. The summed E-state index contributed by atoms with van der Waals surface area (Å²) in [7, 11) is 1.70. The average Bonchev–Trinajstić information content (AvgIpc) is 3.05. The highest BCUT2D eigenvalue weighted by molar-refractivity contribution is 5.55. The highest BCUT2D eigenvalue weighted by atomic mass is 16.5. The van der Waals surface area contributed by atoms with Crippen LogP contribution in [-0.4, -0.2) is 23.6 Å². The number of aromatic nitrogens is 2. The largest absolute Gasteiger partial charge is 0.497 e. The second-order valence-electron chi connectivity index (χ2n) is 5.98. The van der Waals surface area contributed by atoms with Crippen molar-refractivity contribution >= 4 is 5.69 Å². The van der Waals surface area contributed by atoms with E-state index in [0.717, 1.165) is 48.1 Å². The summed E-state index contributed by atoms with van der Waals surface area (Å²) >= 11 is 0. The minimum absolute atomic E-state index is 0.601. The van der Waals surface area contributed by atoms with Crippen LogP contribution in [0.25, 0.3) is 11.6 Å². The zero-order valence-corrected chi connectivity index (χ0v) is 13.8. The van der Waals surface area contributed by atoms with Crippen LogP contribution in [0, 0.1) is 6.92 Å². The van der Waals surface area contributed by atoms with Gasteiger partial charge in [-0.1, -0.05) is 6.07 Å². The van der Waals surface area contributed by atoms with Crippen molar-refractivity contribution < 1.29 is 9.15 Å². The van der Waals surface area contributed by atoms with Gasteiger partial charge in [0.1, 0.15) is 22.9 Å². The van der Waals surface area contributed by atoms with Crippen LogP contribution >= 0.6 is 0 Å². The number of ether oxygens (including phenoxy) is 1. The van der Waals surface area contributed by atoms with Crippen LogP contribution in [-0.2, 0) is 13.0 Å². The van der Waals surface area contributed by atoms with Crippen LogP contribution in [0.4, 0.5) is 5.69 Å². The molecule has 0 aliphatic carbocycles. The monoisotopic (exact) mass is 321 g/mol. The molecule has 0 fully saturated rings. The normalized spacial score (nSPS) is 13.7. The number of pyridine rings is 1. The van der Waals surface area contributed by atoms with Gasteiger partial charge in [0.05, 0.1) is 13.7 Å². The molecule has 0 saturated heterocycles. The maximum absolute atomic E-state index is 5.92. The highest BCUT2D eigenvalue weighted by Gasteiger charge is 2.23. The van der Waals surface area contributed by atoms with Gasteiger partial charge in [-0.2, -0.15) is 0 Å². The van der Waals surface area contributed by atoms with Gasteiger partial charge in [-0.05, 0) is 36.8 Å². The second-order valence-corrected chi connectivity index (χ2v) is 5.98. The summed E-state index contributed by atoms with van der Waals surface area (Å²) in [5.41, 5.74) is 4.10. The Hall–Kier alpha value is -2.82. The van der Waals surface area contributed by atoms with Gasteiger partial charge < -0.3 is 14.1 Å². The lowest BCUT2D eigenvalue weighted by Gasteiger charge is -2.28. The van der Waals surface area contributed by atoms with E-state index in [1.165, 1.54) is 5.56 Å². The van der Waals surface area contributed by atoms with Crippen molar-refractivity contribution in [3.8, 4) is 17.3 Å². The molecule has 122 valence electrons. The molecule has 0 spiro atoms. The Labute approximate surface area is 140 Å². The van der Waals surface area contributed by atoms with E-state index in [0.29, 0.717) is 5.89 Å². The summed E-state index contributed by atoms with van der Waals surface area (Å²) in [4.78, 5) is 11.3. The molecule has 3 heterocycles. The van der Waals surface area contributed by atoms with E-state index in [9.17, 15) is 0 Å². The van der Waals surface area contributed by atoms with Crippen LogP contribution in [0.5, 0.6) is 5.75 Å². The molecule has 5 nitrogen and oxygen atoms in total. The maximum Gasteiger partial charge on any atom is 0.245 e. The van der Waals surface area contributed by atoms with Gasteiger partial charge in [0.15, 0.2) is 0 Å². The summed E-state index contributed by atoms with van der Waals surface area (Å²) in [6.07, 6.45) is 2.59. The predicted octanol–water partition coefficient (Wildman–Crippen LogP) is 3.62. The first-order chi connectivity index (χ1) is 11.7. The molecule has 0 saturated carbocycles. The Bertz CT molecular complexity index is 858. The van der Waals surface area contributed by atoms with Crippen molar-refractivity contribution in [2.75, 3.05) is 18.6 Å². The van der Waals surface area contributed by atoms with Crippen molar-refractivity contribution in [2.24, 2.45) is 0 Å². The van der Waals surface area contributed by atoms with Crippen molar-refractivity contribution in [3.05, 3.63) is 59.6 Å². The van der Waals surface area contributed by atoms with E-state index in [-0.39, 0.29) is 0 Å². The van der Waals surface area contributed by atoms with Gasteiger partial charge >= 0.3 is 0 Å². The van der Waals surface area contributed by atoms with E-state index < -0.39 is 0 Å². The Morgan fingerprint density at radius 3 is 2.92 bits per heavy atom. The topological polar surface area (TPSA) is 51.4 Å². The lowest BCUT2D eigenvalue weighted by Crippen LogP contribution is -2.30. The van der Waals surface area contributed by atoms with E-state index >= 15 is 0 Å². The molecule has 0 radical (unpaired) electrons. The lowest BCUT2D eigenvalue weighted by atomic mass is 10.1. The fourth-order valence-corrected chi connectivity index (χ4v) is 3.05. The molecular weight excluding hydrogens is 302 g/mol. The molecule has 0 N–H and O–H groups in total. The molecule has 0 amide bonds. The number of anilines is 1. The van der Waals surface area contributed by atoms with E-state index in [1.54, 1.807) is 13.3 Å². The van der Waals surface area contributed by atoms with Crippen LogP contribution in [0.15, 0.2) is 47.0 Å². The van der Waals surface area contributed by atoms with E-state index in [2.05, 4.69) is 33.9 Å². The molecule has 2 aromatic heterocycles. The maximum atomic E-state index is 5.92. The first-order valence-corrected chi connectivity index (χ1v) is 8.03. The molecule has 0 bridgehead atoms. The van der Waals surface area contributed by atoms with Gasteiger partial charge in [-0.15, -0.1) is 0 Å². The van der Waals surface area contributed by atoms with Crippen LogP contribution in [0.3, 0.4) is 0 Å². The number of hydrogen-bond donors (Lipinski definition) is 0. The molecule has 1 aliphatic heterocycles. The molecule has 1 aliphatic rings. The minimum atomic E-state index is 0.601. The summed E-state index contributed by atoms with van der Waals surface area (Å²) in [6.45, 7) is 3.71. The van der Waals surface area contributed by atoms with Gasteiger partial charge in [0, 0.05) is 30.9 Å². The molecule has 24 heavy (non-hydrogen) atoms. The summed E-state index contributed by atoms with van der Waals surface area (Å²) < 4.78 is 11.3. The fraction of sp³-hybridized carbons (Fsp3) is 0.263. The number of nitrogens with zero attached hydrogens (tertiary/aromatic N) is 3. The standard InChI is InChI=1S/C19H19N3O2/c1-13-9-14(11-15(10-13)23-2)22-8-6-18-17(12-22)21-19(24-18)16-5-3-4-7-20-16/h3-5,7,9-11H,6,8,12H2,1-2H3. The van der Waals surface area contributed by atoms with Crippen LogP contribution in [0.2, 0.25) is 0 Å². The number of rotatable bonds is 3. The third-order valence-electron chi connectivity index (χ3n) is 4.25. The molecule has 3 aromatic rings. The van der Waals surface area contributed by atoms with Gasteiger partial charge in [0.25, 0.3) is 0 Å². The van der Waals surface area contributed by atoms with Gasteiger partial charge in [-0.25, -0.2) is 4.98 Å². The van der Waals surface area contributed by atoms with Crippen LogP contribution in [0.1, 0.15) is 17.0 Å². The molecule has 0 unspecified atom stereocenters. The van der Waals surface area contributed by atoms with Gasteiger partial charge in [-0.3, -0.25) is 4.98 Å². The second kappa shape index (κ2) is 6.00. The van der Waals surface area contributed by atoms with Crippen LogP contribution < -0.4 is 9.64 Å². The minimum Gasteiger partial charge on any atom is -0.497 e. The van der Waals surface area contributed by atoms with Crippen molar-refractivity contribution in [1.29, 1.82) is 0 Å². The van der Waals surface area contributed by atoms with E-state index in [4.69, 9.17) is 9.15 Å². The first kappa shape index (κ1) is 14.8. The molecule has 4 rings (SSSR count). The lowest BCUT2D eigenvalue weighted by molar-refractivity contribution is 0.414. The fourth-order valence-electron chi connectivity index (χ4n) is 3.05. The molecule has 5 heteroatoms. The number of hydrogen-bond acceptors (Lipinski definition) is 5. The van der Waals surface area contributed by atoms with E-state index in [1.807, 2.05) is 24.3 Å². The third kappa shape index (κ3) is 2.73. The number of methoxy groups -OCH3 is 1. The average molecular weight is 321 g/mol. The Morgan fingerprint density at radius 2 is 2.12 bits per heavy atom. The number of benzene rings is 1. The SMILES string of the molecule is COc1cc(C)cc(N2CCc3oc(-c4ccccn4)nc3C2)c1. The number of aryl methyl sites for hydroxylation is 1.